The minimum Gasteiger partial charge on any atom is -0.342 e. The molecular weight excluding hydrogens is 310 g/mol. The van der Waals surface area contributed by atoms with E-state index in [0.29, 0.717) is 17.5 Å². The van der Waals surface area contributed by atoms with Crippen LogP contribution in [-0.2, 0) is 9.59 Å². The maximum atomic E-state index is 12.0. The first kappa shape index (κ1) is 18.6. The van der Waals surface area contributed by atoms with Crippen molar-refractivity contribution in [3.05, 3.63) is 0 Å². The summed E-state index contributed by atoms with van der Waals surface area (Å²) in [5.74, 6) is 1.16. The number of halogens is 1. The third-order valence-corrected chi connectivity index (χ3v) is 5.04. The third-order valence-electron chi connectivity index (χ3n) is 4.14. The first-order chi connectivity index (χ1) is 9.68. The van der Waals surface area contributed by atoms with Gasteiger partial charge >= 0.3 is 0 Å². The smallest absolute Gasteiger partial charge is 0.232 e. The van der Waals surface area contributed by atoms with Gasteiger partial charge < -0.3 is 15.1 Å². The molecule has 0 aromatic heterocycles. The van der Waals surface area contributed by atoms with Crippen molar-refractivity contribution >= 4 is 36.0 Å². The lowest BCUT2D eigenvalue weighted by Gasteiger charge is -2.27. The number of nitrogens with one attached hydrogen (secondary N) is 1. The molecule has 122 valence electrons. The van der Waals surface area contributed by atoms with E-state index >= 15 is 0 Å². The van der Waals surface area contributed by atoms with Crippen LogP contribution in [0.4, 0.5) is 0 Å². The standard InChI is InChI=1S/C14H25N3O2S.ClH/c1-16(12-5-6-15-9-12)13(18)10-20-11-14(19)17-7-3-2-4-8-17;/h12,15H,2-11H2,1H3;1H. The summed E-state index contributed by atoms with van der Waals surface area (Å²) in [4.78, 5) is 27.8. The lowest BCUT2D eigenvalue weighted by atomic mass is 10.1. The average molecular weight is 336 g/mol. The maximum Gasteiger partial charge on any atom is 0.232 e. The van der Waals surface area contributed by atoms with Crippen LogP contribution in [0.3, 0.4) is 0 Å². The second-order valence-electron chi connectivity index (χ2n) is 5.59. The maximum absolute atomic E-state index is 12.0. The number of amides is 2. The molecule has 0 aromatic rings. The van der Waals surface area contributed by atoms with Gasteiger partial charge in [-0.2, -0.15) is 0 Å². The Morgan fingerprint density at radius 3 is 2.57 bits per heavy atom. The number of hydrogen-bond acceptors (Lipinski definition) is 4. The molecule has 0 bridgehead atoms. The largest absolute Gasteiger partial charge is 0.342 e. The molecule has 1 unspecified atom stereocenters. The molecule has 2 heterocycles. The van der Waals surface area contributed by atoms with Crippen LogP contribution in [0.15, 0.2) is 0 Å². The van der Waals surface area contributed by atoms with E-state index in [4.69, 9.17) is 0 Å². The van der Waals surface area contributed by atoms with E-state index in [1.54, 1.807) is 0 Å². The highest BCUT2D eigenvalue weighted by atomic mass is 35.5. The zero-order chi connectivity index (χ0) is 14.4. The second kappa shape index (κ2) is 9.54. The number of likely N-dealkylation sites (N-methyl/N-ethyl adjacent to an activating group) is 1. The van der Waals surface area contributed by atoms with Crippen LogP contribution in [0.25, 0.3) is 0 Å². The van der Waals surface area contributed by atoms with Crippen LogP contribution < -0.4 is 5.32 Å². The molecule has 0 radical (unpaired) electrons. The van der Waals surface area contributed by atoms with Gasteiger partial charge in [0.2, 0.25) is 11.8 Å². The van der Waals surface area contributed by atoms with Crippen molar-refractivity contribution in [2.75, 3.05) is 44.7 Å². The van der Waals surface area contributed by atoms with Crippen molar-refractivity contribution in [2.24, 2.45) is 0 Å². The summed E-state index contributed by atoms with van der Waals surface area (Å²) < 4.78 is 0. The number of hydrogen-bond donors (Lipinski definition) is 1. The molecule has 2 fully saturated rings. The van der Waals surface area contributed by atoms with Crippen LogP contribution in [0.1, 0.15) is 25.7 Å². The highest BCUT2D eigenvalue weighted by molar-refractivity contribution is 8.00. The van der Waals surface area contributed by atoms with Gasteiger partial charge in [0.25, 0.3) is 0 Å². The molecule has 2 amide bonds. The minimum atomic E-state index is 0. The van der Waals surface area contributed by atoms with E-state index in [1.807, 2.05) is 16.8 Å². The van der Waals surface area contributed by atoms with Gasteiger partial charge in [0, 0.05) is 32.7 Å². The Kier molecular flexibility index (Phi) is 8.44. The Morgan fingerprint density at radius 1 is 1.24 bits per heavy atom. The van der Waals surface area contributed by atoms with Crippen molar-refractivity contribution in [2.45, 2.75) is 31.7 Å². The summed E-state index contributed by atoms with van der Waals surface area (Å²) >= 11 is 1.45. The van der Waals surface area contributed by atoms with Crippen LogP contribution in [-0.4, -0.2) is 72.4 Å². The molecule has 2 saturated heterocycles. The molecule has 2 rings (SSSR count). The van der Waals surface area contributed by atoms with Crippen molar-refractivity contribution in [1.29, 1.82) is 0 Å². The molecule has 5 nitrogen and oxygen atoms in total. The highest BCUT2D eigenvalue weighted by Gasteiger charge is 2.23. The molecule has 21 heavy (non-hydrogen) atoms. The van der Waals surface area contributed by atoms with E-state index < -0.39 is 0 Å². The van der Waals surface area contributed by atoms with Crippen molar-refractivity contribution in [1.82, 2.24) is 15.1 Å². The summed E-state index contributed by atoms with van der Waals surface area (Å²) in [6.07, 6.45) is 4.49. The monoisotopic (exact) mass is 335 g/mol. The van der Waals surface area contributed by atoms with Gasteiger partial charge in [-0.05, 0) is 32.2 Å². The van der Waals surface area contributed by atoms with Crippen LogP contribution in [0.2, 0.25) is 0 Å². The summed E-state index contributed by atoms with van der Waals surface area (Å²) in [5.41, 5.74) is 0. The summed E-state index contributed by atoms with van der Waals surface area (Å²) in [6.45, 7) is 3.66. The first-order valence-corrected chi connectivity index (χ1v) is 8.66. The van der Waals surface area contributed by atoms with E-state index in [-0.39, 0.29) is 24.2 Å². The van der Waals surface area contributed by atoms with E-state index in [9.17, 15) is 9.59 Å². The average Bonchev–Trinajstić information content (AvgIpc) is 3.01. The molecule has 2 aliphatic rings. The Morgan fingerprint density at radius 2 is 1.95 bits per heavy atom. The van der Waals surface area contributed by atoms with E-state index in [1.165, 1.54) is 18.2 Å². The fourth-order valence-corrected chi connectivity index (χ4v) is 3.57. The fourth-order valence-electron chi connectivity index (χ4n) is 2.74. The molecular formula is C14H26ClN3O2S. The number of piperidine rings is 1. The van der Waals surface area contributed by atoms with E-state index in [2.05, 4.69) is 5.32 Å². The lowest BCUT2D eigenvalue weighted by molar-refractivity contribution is -0.129. The molecule has 7 heteroatoms. The highest BCUT2D eigenvalue weighted by Crippen LogP contribution is 2.13. The van der Waals surface area contributed by atoms with Crippen molar-refractivity contribution in [3.63, 3.8) is 0 Å². The predicted molar refractivity (Wildman–Crippen MR) is 89.0 cm³/mol. The van der Waals surface area contributed by atoms with Gasteiger partial charge in [0.05, 0.1) is 11.5 Å². The van der Waals surface area contributed by atoms with Crippen LogP contribution in [0, 0.1) is 0 Å². The fraction of sp³-hybridized carbons (Fsp3) is 0.857. The number of nitrogens with zero attached hydrogens (tertiary/aromatic N) is 2. The Balaban J connectivity index is 0.00000220. The molecule has 0 aromatic carbocycles. The van der Waals surface area contributed by atoms with Crippen molar-refractivity contribution in [3.8, 4) is 0 Å². The van der Waals surface area contributed by atoms with Gasteiger partial charge in [-0.1, -0.05) is 0 Å². The second-order valence-corrected chi connectivity index (χ2v) is 6.57. The summed E-state index contributed by atoms with van der Waals surface area (Å²) in [6, 6.07) is 0.320. The van der Waals surface area contributed by atoms with Crippen molar-refractivity contribution < 1.29 is 9.59 Å². The third kappa shape index (κ3) is 5.68. The Hall–Kier alpha value is -0.460. The summed E-state index contributed by atoms with van der Waals surface area (Å²) in [7, 11) is 1.87. The minimum absolute atomic E-state index is 0. The lowest BCUT2D eigenvalue weighted by Crippen LogP contribution is -2.40. The Labute approximate surface area is 137 Å². The summed E-state index contributed by atoms with van der Waals surface area (Å²) in [5, 5.41) is 3.26. The normalized spacial score (nSPS) is 21.8. The molecule has 0 saturated carbocycles. The number of rotatable bonds is 5. The SMILES string of the molecule is CN(C(=O)CSCC(=O)N1CCCCC1)C1CCNC1.Cl. The number of carbonyl (C=O) groups excluding carboxylic acids is 2. The van der Waals surface area contributed by atoms with Gasteiger partial charge in [0.1, 0.15) is 0 Å². The number of thioether (sulfide) groups is 1. The van der Waals surface area contributed by atoms with Gasteiger partial charge in [-0.15, -0.1) is 24.2 Å². The van der Waals surface area contributed by atoms with Crippen LogP contribution >= 0.6 is 24.2 Å². The topological polar surface area (TPSA) is 52.7 Å². The number of carbonyl (C=O) groups is 2. The molecule has 1 atom stereocenters. The van der Waals surface area contributed by atoms with Gasteiger partial charge in [0.15, 0.2) is 0 Å². The van der Waals surface area contributed by atoms with E-state index in [0.717, 1.165) is 45.4 Å². The molecule has 2 aliphatic heterocycles. The molecule has 0 aliphatic carbocycles. The molecule has 0 spiro atoms. The van der Waals surface area contributed by atoms with Gasteiger partial charge in [-0.3, -0.25) is 9.59 Å². The van der Waals surface area contributed by atoms with Crippen LogP contribution in [0.5, 0.6) is 0 Å². The zero-order valence-electron chi connectivity index (χ0n) is 12.7. The number of likely N-dealkylation sites (tertiary alicyclic amines) is 1. The first-order valence-electron chi connectivity index (χ1n) is 7.50. The quantitative estimate of drug-likeness (QED) is 0.813. The molecule has 1 N–H and O–H groups in total. The zero-order valence-corrected chi connectivity index (χ0v) is 14.3. The van der Waals surface area contributed by atoms with Gasteiger partial charge in [-0.25, -0.2) is 0 Å². The predicted octanol–water partition coefficient (Wildman–Crippen LogP) is 0.974. The Bertz CT molecular complexity index is 345.